The fraction of sp³-hybridized carbons (Fsp3) is 0.217. The highest BCUT2D eigenvalue weighted by Crippen LogP contribution is 2.32. The molecule has 4 N–H and O–H groups in total. The number of nitrogens with one attached hydrogen (secondary N) is 4. The predicted octanol–water partition coefficient (Wildman–Crippen LogP) is 11.7. The molecule has 3 unspecified atom stereocenters. The Hall–Kier alpha value is -6.03. The van der Waals surface area contributed by atoms with E-state index in [2.05, 4.69) is 41.7 Å². The fourth-order valence-electron chi connectivity index (χ4n) is 6.14. The van der Waals surface area contributed by atoms with Crippen molar-refractivity contribution in [2.45, 2.75) is 51.1 Å². The number of aryl methyl sites for hydroxylation is 2. The van der Waals surface area contributed by atoms with Gasteiger partial charge in [0.05, 0.1) is 16.8 Å². The highest BCUT2D eigenvalue weighted by molar-refractivity contribution is 6.32. The highest BCUT2D eigenvalue weighted by atomic mass is 35.5. The van der Waals surface area contributed by atoms with Gasteiger partial charge in [0.25, 0.3) is 23.6 Å². The molecule has 0 aliphatic rings. The van der Waals surface area contributed by atoms with Gasteiger partial charge in [-0.3, -0.25) is 28.8 Å². The van der Waals surface area contributed by atoms with E-state index in [0.29, 0.717) is 41.5 Å². The SMILES string of the molecule is CC(=O)C(N=Nc1cc(Cl)cc(C(=O)Nc2cccc(CCCl)c2)c1)C(=O)Nc1ccc(NC(=O)C(N=Nc2cc(Cl)cc(C(=O)Nc3cccc(CCCl)c3)c2)C(C)=O)c(C(C)Cl)c1. The summed E-state index contributed by atoms with van der Waals surface area (Å²) in [6.45, 7) is 3.95. The molecule has 0 saturated heterocycles. The van der Waals surface area contributed by atoms with Crippen LogP contribution in [0.4, 0.5) is 34.1 Å². The largest absolute Gasteiger partial charge is 0.324 e. The number of carbonyl (C=O) groups is 6. The van der Waals surface area contributed by atoms with Gasteiger partial charge in [-0.1, -0.05) is 47.5 Å². The maximum Gasteiger partial charge on any atom is 0.258 e. The molecule has 0 radical (unpaired) electrons. The molecule has 336 valence electrons. The van der Waals surface area contributed by atoms with Crippen molar-refractivity contribution in [3.05, 3.63) is 141 Å². The van der Waals surface area contributed by atoms with Gasteiger partial charge in [-0.15, -0.1) is 34.8 Å². The Balaban J connectivity index is 1.27. The molecule has 5 aromatic rings. The Morgan fingerprint density at radius 1 is 0.554 bits per heavy atom. The lowest BCUT2D eigenvalue weighted by Crippen LogP contribution is -2.32. The molecule has 14 nitrogen and oxygen atoms in total. The second-order valence-corrected chi connectivity index (χ2v) is 16.7. The van der Waals surface area contributed by atoms with E-state index in [9.17, 15) is 28.8 Å². The lowest BCUT2D eigenvalue weighted by Gasteiger charge is -2.17. The molecule has 3 atom stereocenters. The maximum atomic E-state index is 13.5. The van der Waals surface area contributed by atoms with Gasteiger partial charge in [-0.2, -0.15) is 20.5 Å². The van der Waals surface area contributed by atoms with Crippen molar-refractivity contribution in [2.75, 3.05) is 33.0 Å². The number of hydrogen-bond acceptors (Lipinski definition) is 10. The van der Waals surface area contributed by atoms with Gasteiger partial charge < -0.3 is 21.3 Å². The van der Waals surface area contributed by atoms with Gasteiger partial charge >= 0.3 is 0 Å². The number of alkyl halides is 3. The number of Topliss-reactive ketones (excluding diaryl/α,β-unsaturated/α-hetero) is 2. The third-order valence-electron chi connectivity index (χ3n) is 9.28. The number of amides is 4. The van der Waals surface area contributed by atoms with Crippen LogP contribution in [-0.2, 0) is 32.0 Å². The van der Waals surface area contributed by atoms with Gasteiger partial charge in [0.2, 0.25) is 12.1 Å². The normalized spacial score (nSPS) is 12.6. The number of benzene rings is 5. The highest BCUT2D eigenvalue weighted by Gasteiger charge is 2.27. The summed E-state index contributed by atoms with van der Waals surface area (Å²) in [4.78, 5) is 78.4. The minimum absolute atomic E-state index is 0.108. The first kappa shape index (κ1) is 50.0. The molecule has 4 amide bonds. The minimum atomic E-state index is -1.61. The van der Waals surface area contributed by atoms with Crippen molar-refractivity contribution < 1.29 is 28.8 Å². The summed E-state index contributed by atoms with van der Waals surface area (Å²) in [5, 5.41) is 26.6. The van der Waals surface area contributed by atoms with Crippen LogP contribution in [0.5, 0.6) is 0 Å². The van der Waals surface area contributed by atoms with E-state index in [-0.39, 0.29) is 43.9 Å². The third kappa shape index (κ3) is 14.7. The summed E-state index contributed by atoms with van der Waals surface area (Å²) in [6, 6.07) is 24.1. The van der Waals surface area contributed by atoms with Gasteiger partial charge in [0, 0.05) is 55.7 Å². The lowest BCUT2D eigenvalue weighted by atomic mass is 10.1. The monoisotopic (exact) mass is 976 g/mol. The van der Waals surface area contributed by atoms with Crippen molar-refractivity contribution in [2.24, 2.45) is 20.5 Å². The summed E-state index contributed by atoms with van der Waals surface area (Å²) in [5.74, 6) is -3.07. The fourth-order valence-corrected chi connectivity index (χ4v) is 7.22. The van der Waals surface area contributed by atoms with Crippen LogP contribution in [0.2, 0.25) is 10.0 Å². The van der Waals surface area contributed by atoms with E-state index in [1.807, 2.05) is 12.1 Å². The average molecular weight is 979 g/mol. The van der Waals surface area contributed by atoms with E-state index in [0.717, 1.165) is 18.1 Å². The van der Waals surface area contributed by atoms with Gasteiger partial charge in [-0.05, 0) is 129 Å². The second-order valence-electron chi connectivity index (χ2n) is 14.4. The van der Waals surface area contributed by atoms with Crippen LogP contribution in [0.1, 0.15) is 63.6 Å². The molecule has 19 heteroatoms. The van der Waals surface area contributed by atoms with Crippen LogP contribution in [-0.4, -0.2) is 59.0 Å². The van der Waals surface area contributed by atoms with Crippen LogP contribution in [0.15, 0.2) is 124 Å². The van der Waals surface area contributed by atoms with Gasteiger partial charge in [-0.25, -0.2) is 0 Å². The van der Waals surface area contributed by atoms with Crippen molar-refractivity contribution in [1.29, 1.82) is 0 Å². The van der Waals surface area contributed by atoms with Crippen molar-refractivity contribution in [1.82, 2.24) is 0 Å². The van der Waals surface area contributed by atoms with E-state index in [1.54, 1.807) is 43.3 Å². The molecular formula is C46H41Cl5N8O6. The van der Waals surface area contributed by atoms with Crippen molar-refractivity contribution in [3.8, 4) is 0 Å². The summed E-state index contributed by atoms with van der Waals surface area (Å²) >= 11 is 30.8. The minimum Gasteiger partial charge on any atom is -0.324 e. The number of azo groups is 2. The number of anilines is 4. The smallest absolute Gasteiger partial charge is 0.258 e. The predicted molar refractivity (Wildman–Crippen MR) is 256 cm³/mol. The molecule has 0 fully saturated rings. The zero-order valence-corrected chi connectivity index (χ0v) is 38.8. The van der Waals surface area contributed by atoms with Crippen LogP contribution in [0, 0.1) is 0 Å². The number of ketones is 2. The average Bonchev–Trinajstić information content (AvgIpc) is 3.24. The Kier molecular flexibility index (Phi) is 18.3. The third-order valence-corrected chi connectivity index (χ3v) is 10.3. The van der Waals surface area contributed by atoms with Crippen LogP contribution < -0.4 is 21.3 Å². The molecule has 5 aromatic carbocycles. The summed E-state index contributed by atoms with van der Waals surface area (Å²) < 4.78 is 0. The first-order valence-corrected chi connectivity index (χ1v) is 22.1. The first-order chi connectivity index (χ1) is 31.0. The van der Waals surface area contributed by atoms with Gasteiger partial charge in [0.15, 0.2) is 11.6 Å². The Labute approximate surface area is 399 Å². The maximum absolute atomic E-state index is 13.5. The molecule has 0 spiro atoms. The Bertz CT molecular complexity index is 2680. The molecule has 0 aliphatic heterocycles. The molecule has 0 aliphatic carbocycles. The molecule has 0 aromatic heterocycles. The number of carbonyl (C=O) groups excluding carboxylic acids is 6. The summed E-state index contributed by atoms with van der Waals surface area (Å²) in [7, 11) is 0. The molecular weight excluding hydrogens is 938 g/mol. The number of hydrogen-bond donors (Lipinski definition) is 4. The molecule has 0 heterocycles. The standard InChI is InChI=1S/C46H41Cl5N8O6/c1-25(49)39-24-36(54-45(64)41(26(2)60)58-56-37-20-30(18-32(50)22-37)43(62)52-34-8-4-6-28(16-34)12-14-47)10-11-40(39)55-46(65)42(27(3)61)59-57-38-21-31(19-33(51)23-38)44(63)53-35-9-5-7-29(17-35)13-15-48/h4-11,16-25,41-42H,12-15H2,1-3H3,(H,52,62)(H,53,63)(H,54,64)(H,55,65). The van der Waals surface area contributed by atoms with Crippen LogP contribution in [0.25, 0.3) is 0 Å². The zero-order chi connectivity index (χ0) is 47.2. The lowest BCUT2D eigenvalue weighted by molar-refractivity contribution is -0.127. The molecule has 5 rings (SSSR count). The first-order valence-electron chi connectivity index (χ1n) is 19.8. The van der Waals surface area contributed by atoms with E-state index >= 15 is 0 Å². The van der Waals surface area contributed by atoms with E-state index < -0.39 is 52.7 Å². The van der Waals surface area contributed by atoms with E-state index in [4.69, 9.17) is 58.0 Å². The van der Waals surface area contributed by atoms with Gasteiger partial charge in [0.1, 0.15) is 0 Å². The zero-order valence-electron chi connectivity index (χ0n) is 35.0. The topological polar surface area (TPSA) is 200 Å². The Morgan fingerprint density at radius 3 is 1.43 bits per heavy atom. The Morgan fingerprint density at radius 2 is 1.00 bits per heavy atom. The second kappa shape index (κ2) is 23.8. The van der Waals surface area contributed by atoms with Crippen molar-refractivity contribution in [3.63, 3.8) is 0 Å². The molecule has 65 heavy (non-hydrogen) atoms. The number of nitrogens with zero attached hydrogens (tertiary/aromatic N) is 4. The quantitative estimate of drug-likeness (QED) is 0.0360. The van der Waals surface area contributed by atoms with Crippen molar-refractivity contribution >= 4 is 127 Å². The molecule has 0 bridgehead atoms. The van der Waals surface area contributed by atoms with Crippen LogP contribution in [0.3, 0.4) is 0 Å². The summed E-state index contributed by atoms with van der Waals surface area (Å²) in [5.41, 5.74) is 4.24. The van der Waals surface area contributed by atoms with E-state index in [1.165, 1.54) is 61.5 Å². The summed E-state index contributed by atoms with van der Waals surface area (Å²) in [6.07, 6.45) is 1.25. The van der Waals surface area contributed by atoms with Crippen LogP contribution >= 0.6 is 58.0 Å². The number of rotatable bonds is 19. The number of halogens is 5. The molecule has 0 saturated carbocycles.